The maximum absolute atomic E-state index is 3.65. The fraction of sp³-hybridized carbons (Fsp3) is 0.0938. The summed E-state index contributed by atoms with van der Waals surface area (Å²) in [4.78, 5) is 0. The van der Waals surface area contributed by atoms with E-state index >= 15 is 0 Å². The van der Waals surface area contributed by atoms with Crippen LogP contribution in [0.2, 0.25) is 0 Å². The third-order valence-electron chi connectivity index (χ3n) is 12.6. The van der Waals surface area contributed by atoms with Gasteiger partial charge in [0.1, 0.15) is 0 Å². The summed E-state index contributed by atoms with van der Waals surface area (Å²) in [6, 6.07) is 75.9. The predicted molar refractivity (Wildman–Crippen MR) is 272 cm³/mol. The zero-order chi connectivity index (χ0) is 45.2. The minimum absolute atomic E-state index is 0. The molecule has 68 heavy (non-hydrogen) atoms. The topological polar surface area (TPSA) is 0 Å². The monoisotopic (exact) mass is 1070 g/mol. The zero-order valence-corrected chi connectivity index (χ0v) is 44.8. The van der Waals surface area contributed by atoms with Crippen LogP contribution in [0.5, 0.6) is 0 Å². The van der Waals surface area contributed by atoms with Gasteiger partial charge in [0.25, 0.3) is 0 Å². The molecule has 0 nitrogen and oxygen atoms in total. The van der Waals surface area contributed by atoms with Gasteiger partial charge in [0.2, 0.25) is 0 Å². The molecule has 0 bridgehead atoms. The molecular weight excluding hydrogens is 1020 g/mol. The van der Waals surface area contributed by atoms with Gasteiger partial charge in [0.05, 0.1) is 0 Å². The van der Waals surface area contributed by atoms with Gasteiger partial charge in [0, 0.05) is 0 Å². The fourth-order valence-corrected chi connectivity index (χ4v) is 10.7. The first-order valence-corrected chi connectivity index (χ1v) is 25.3. The molecule has 0 fully saturated rings. The van der Waals surface area contributed by atoms with Crippen molar-refractivity contribution < 1.29 is 73.3 Å². The summed E-state index contributed by atoms with van der Waals surface area (Å²) in [5, 5.41) is 0. The van der Waals surface area contributed by atoms with E-state index in [1.54, 1.807) is 0 Å². The molecule has 332 valence electrons. The number of rotatable bonds is 6. The van der Waals surface area contributed by atoms with E-state index < -0.39 is 0 Å². The summed E-state index contributed by atoms with van der Waals surface area (Å²) in [7, 11) is 0. The molecule has 0 amide bonds. The summed E-state index contributed by atoms with van der Waals surface area (Å²) in [6.07, 6.45) is 13.1. The number of fused-ring (bicyclic) bond motifs is 6. The van der Waals surface area contributed by atoms with Gasteiger partial charge in [-0.3, -0.25) is 0 Å². The molecule has 0 unspecified atom stereocenters. The molecule has 4 aliphatic carbocycles. The van der Waals surface area contributed by atoms with Gasteiger partial charge in [-0.2, -0.15) is 0 Å². The second-order valence-electron chi connectivity index (χ2n) is 16.9. The Hall–Kier alpha value is -5.19. The Morgan fingerprint density at radius 2 is 0.676 bits per heavy atom. The second-order valence-corrected chi connectivity index (χ2v) is 19.4. The van der Waals surface area contributed by atoms with Crippen molar-refractivity contribution in [2.24, 2.45) is 0 Å². The summed E-state index contributed by atoms with van der Waals surface area (Å²) in [6.45, 7) is 4.38. The first kappa shape index (κ1) is 50.7. The Morgan fingerprint density at radius 1 is 0.368 bits per heavy atom. The van der Waals surface area contributed by atoms with Gasteiger partial charge in [-0.05, 0) is 50.7 Å². The van der Waals surface area contributed by atoms with Gasteiger partial charge < -0.3 is 24.8 Å². The molecule has 8 aromatic rings. The Morgan fingerprint density at radius 3 is 0.985 bits per heavy atom. The standard InChI is InChI=1S/2C19H15.2C13H10.2ClH.2Zr/c2*1-13-5-4-8-17(13)15-9-10-19-16(12-15)11-14-6-2-3-7-18(14)19;2*1-3-7-12(8-4-1)11-13-9-5-2-6-10-13;;;;/h2*2-7,9-10H,8,11H2,1H3;2*1-10H;2*1H;;/q2*-1;;;;;;/p-2. The Kier molecular flexibility index (Phi) is 18.2. The van der Waals surface area contributed by atoms with Gasteiger partial charge >= 0.3 is 198 Å². The minimum atomic E-state index is 0. The first-order chi connectivity index (χ1) is 32.4. The quantitative estimate of drug-likeness (QED) is 0.146. The van der Waals surface area contributed by atoms with Gasteiger partial charge in [-0.1, -0.05) is 106 Å². The number of halogens is 2. The fourth-order valence-electron chi connectivity index (χ4n) is 9.10. The van der Waals surface area contributed by atoms with Crippen LogP contribution in [-0.4, -0.2) is 6.41 Å². The Bertz CT molecular complexity index is 2860. The van der Waals surface area contributed by atoms with Crippen molar-refractivity contribution in [3.8, 4) is 22.3 Å². The number of allylic oxidation sites excluding steroid dienone is 8. The van der Waals surface area contributed by atoms with Crippen LogP contribution >= 0.6 is 0 Å². The van der Waals surface area contributed by atoms with Gasteiger partial charge in [-0.25, -0.2) is 0 Å². The molecule has 0 aromatic heterocycles. The number of benzene rings is 8. The predicted octanol–water partition coefficient (Wildman–Crippen LogP) is 9.20. The van der Waals surface area contributed by atoms with Crippen LogP contribution in [0.4, 0.5) is 0 Å². The molecule has 0 heterocycles. The number of hydrogen-bond acceptors (Lipinski definition) is 0. The molecule has 0 atom stereocenters. The molecule has 0 N–H and O–H groups in total. The van der Waals surface area contributed by atoms with Crippen LogP contribution in [0.1, 0.15) is 82.3 Å². The van der Waals surface area contributed by atoms with E-state index in [1.807, 2.05) is 0 Å². The van der Waals surface area contributed by atoms with Gasteiger partial charge in [0.15, 0.2) is 0 Å². The first-order valence-electron chi connectivity index (χ1n) is 22.8. The third kappa shape index (κ3) is 12.0. The molecule has 0 aliphatic heterocycles. The Balaban J connectivity index is 0.000000134. The van der Waals surface area contributed by atoms with Crippen molar-refractivity contribution in [1.82, 2.24) is 0 Å². The summed E-state index contributed by atoms with van der Waals surface area (Å²) < 4.78 is 2.83. The van der Waals surface area contributed by atoms with Crippen molar-refractivity contribution in [2.45, 2.75) is 39.5 Å². The maximum atomic E-state index is 3.65. The van der Waals surface area contributed by atoms with Crippen molar-refractivity contribution in [3.05, 3.63) is 297 Å². The summed E-state index contributed by atoms with van der Waals surface area (Å²) in [5.41, 5.74) is 24.6. The van der Waals surface area contributed by atoms with E-state index in [1.165, 1.54) is 155 Å². The van der Waals surface area contributed by atoms with E-state index in [4.69, 9.17) is 0 Å². The van der Waals surface area contributed by atoms with Crippen LogP contribution in [-0.2, 0) is 61.3 Å². The van der Waals surface area contributed by atoms with E-state index in [0.717, 1.165) is 25.7 Å². The molecule has 0 saturated carbocycles. The van der Waals surface area contributed by atoms with Crippen LogP contribution in [0, 0.1) is 12.1 Å². The van der Waals surface area contributed by atoms with E-state index in [9.17, 15) is 0 Å². The second kappa shape index (κ2) is 24.4. The molecule has 0 radical (unpaired) electrons. The van der Waals surface area contributed by atoms with E-state index in [2.05, 4.69) is 244 Å². The van der Waals surface area contributed by atoms with Crippen molar-refractivity contribution in [1.29, 1.82) is 0 Å². The summed E-state index contributed by atoms with van der Waals surface area (Å²) >= 11 is 2.92. The number of hydrogen-bond donors (Lipinski definition) is 0. The van der Waals surface area contributed by atoms with E-state index in [0.29, 0.717) is 0 Å². The molecule has 4 heteroatoms. The molecule has 8 aromatic carbocycles. The van der Waals surface area contributed by atoms with Crippen LogP contribution in [0.25, 0.3) is 33.4 Å². The average molecular weight is 1070 g/mol. The van der Waals surface area contributed by atoms with Crippen molar-refractivity contribution >= 4 is 17.6 Å². The average Bonchev–Trinajstić information content (AvgIpc) is 4.19. The Labute approximate surface area is 445 Å². The molecule has 0 spiro atoms. The van der Waals surface area contributed by atoms with Gasteiger partial charge in [-0.15, -0.1) is 69.8 Å². The normalized spacial score (nSPS) is 12.8. The molecule has 0 saturated heterocycles. The molecule has 4 aliphatic rings. The van der Waals surface area contributed by atoms with Crippen LogP contribution in [0.15, 0.2) is 230 Å². The summed E-state index contributed by atoms with van der Waals surface area (Å²) in [5.74, 6) is 0. The molecular formula is C64H50Cl2Zr2-4. The van der Waals surface area contributed by atoms with Crippen LogP contribution < -0.4 is 24.8 Å². The van der Waals surface area contributed by atoms with E-state index in [-0.39, 0.29) is 24.8 Å². The zero-order valence-electron chi connectivity index (χ0n) is 38.4. The van der Waals surface area contributed by atoms with Crippen LogP contribution in [0.3, 0.4) is 0 Å². The molecule has 12 rings (SSSR count). The van der Waals surface area contributed by atoms with Crippen molar-refractivity contribution in [2.75, 3.05) is 0 Å². The van der Waals surface area contributed by atoms with Crippen molar-refractivity contribution in [3.63, 3.8) is 0 Å². The SMILES string of the molecule is CC1=C(c2[c-]c3c(cc2)-c2ccccc2C3)CC=C1.CC1=C(c2[c-]c3c(cc2)-c2ccccc2C3)CC=C1.[Cl-].[Cl-].[Zr]=[C](c1ccccc1)c1ccccc1.[Zr]=[C](c1ccccc1)c1ccccc1. The third-order valence-corrected chi connectivity index (χ3v) is 15.5.